The van der Waals surface area contributed by atoms with Crippen LogP contribution in [0.4, 0.5) is 0 Å². The van der Waals surface area contributed by atoms with E-state index in [0.29, 0.717) is 25.9 Å². The summed E-state index contributed by atoms with van der Waals surface area (Å²) in [7, 11) is 0. The second-order valence-electron chi connectivity index (χ2n) is 4.41. The van der Waals surface area contributed by atoms with Gasteiger partial charge in [0, 0.05) is 29.5 Å². The molecule has 1 aromatic carbocycles. The van der Waals surface area contributed by atoms with Gasteiger partial charge >= 0.3 is 0 Å². The van der Waals surface area contributed by atoms with E-state index in [1.807, 2.05) is 12.1 Å². The van der Waals surface area contributed by atoms with E-state index >= 15 is 0 Å². The van der Waals surface area contributed by atoms with Gasteiger partial charge in [0.15, 0.2) is 6.61 Å². The molecular formula is C13H12I3NO3. The third-order valence-electron chi connectivity index (χ3n) is 2.98. The molecule has 1 aliphatic rings. The molecule has 1 saturated heterocycles. The summed E-state index contributed by atoms with van der Waals surface area (Å²) in [6.45, 7) is 1.06. The van der Waals surface area contributed by atoms with Gasteiger partial charge in [0.05, 0.1) is 7.14 Å². The number of nitrogens with zero attached hydrogens (tertiary/aromatic N) is 1. The summed E-state index contributed by atoms with van der Waals surface area (Å²) in [5, 5.41) is 0. The molecule has 0 atom stereocenters. The van der Waals surface area contributed by atoms with E-state index < -0.39 is 0 Å². The molecule has 1 fully saturated rings. The molecule has 1 aliphatic heterocycles. The standard InChI is InChI=1S/C13H12I3NO3/c14-8-5-10(15)13(11(16)6-8)20-7-12(19)17-3-1-9(18)2-4-17/h5-6H,1-4,7H2. The molecule has 0 aromatic heterocycles. The Kier molecular flexibility index (Phi) is 6.32. The minimum atomic E-state index is -0.0531. The van der Waals surface area contributed by atoms with Crippen LogP contribution < -0.4 is 4.74 Å². The number of carbonyl (C=O) groups is 2. The lowest BCUT2D eigenvalue weighted by Gasteiger charge is -2.26. The predicted molar refractivity (Wildman–Crippen MR) is 101 cm³/mol. The monoisotopic (exact) mass is 611 g/mol. The largest absolute Gasteiger partial charge is 0.482 e. The van der Waals surface area contributed by atoms with Crippen LogP contribution in [-0.2, 0) is 9.59 Å². The third kappa shape index (κ3) is 4.42. The first-order valence-corrected chi connectivity index (χ1v) is 9.28. The summed E-state index contributed by atoms with van der Waals surface area (Å²) >= 11 is 6.68. The number of Topliss-reactive ketones (excluding diaryl/α,β-unsaturated/α-hetero) is 1. The summed E-state index contributed by atoms with van der Waals surface area (Å²) in [5.41, 5.74) is 0. The maximum atomic E-state index is 12.1. The van der Waals surface area contributed by atoms with Gasteiger partial charge < -0.3 is 9.64 Å². The Labute approximate surface area is 158 Å². The Morgan fingerprint density at radius 3 is 2.25 bits per heavy atom. The molecule has 0 spiro atoms. The number of rotatable bonds is 3. The van der Waals surface area contributed by atoms with E-state index in [0.717, 1.165) is 16.5 Å². The lowest BCUT2D eigenvalue weighted by atomic mass is 10.1. The molecule has 0 aliphatic carbocycles. The zero-order valence-corrected chi connectivity index (χ0v) is 17.0. The van der Waals surface area contributed by atoms with E-state index in [1.165, 1.54) is 0 Å². The Balaban J connectivity index is 1.95. The van der Waals surface area contributed by atoms with Crippen LogP contribution in [0.25, 0.3) is 0 Å². The number of ether oxygens (including phenoxy) is 1. The first-order valence-electron chi connectivity index (χ1n) is 6.04. The van der Waals surface area contributed by atoms with Crippen LogP contribution in [0.15, 0.2) is 12.1 Å². The molecule has 0 N–H and O–H groups in total. The summed E-state index contributed by atoms with van der Waals surface area (Å²) < 4.78 is 8.81. The number of piperidine rings is 1. The maximum Gasteiger partial charge on any atom is 0.260 e. The molecule has 1 heterocycles. The number of amides is 1. The van der Waals surface area contributed by atoms with Crippen molar-refractivity contribution in [1.82, 2.24) is 4.90 Å². The second kappa shape index (κ2) is 7.56. The van der Waals surface area contributed by atoms with Crippen LogP contribution in [0.1, 0.15) is 12.8 Å². The van der Waals surface area contributed by atoms with Crippen molar-refractivity contribution in [2.45, 2.75) is 12.8 Å². The summed E-state index contributed by atoms with van der Waals surface area (Å²) in [6, 6.07) is 4.03. The fourth-order valence-corrected chi connectivity index (χ4v) is 5.79. The Morgan fingerprint density at radius 1 is 1.15 bits per heavy atom. The van der Waals surface area contributed by atoms with Crippen LogP contribution in [0, 0.1) is 10.7 Å². The number of hydrogen-bond acceptors (Lipinski definition) is 3. The van der Waals surface area contributed by atoms with E-state index in [2.05, 4.69) is 67.8 Å². The van der Waals surface area contributed by atoms with Gasteiger partial charge in [-0.15, -0.1) is 0 Å². The topological polar surface area (TPSA) is 46.6 Å². The lowest BCUT2D eigenvalue weighted by molar-refractivity contribution is -0.136. The molecule has 2 rings (SSSR count). The van der Waals surface area contributed by atoms with Gasteiger partial charge in [-0.25, -0.2) is 0 Å². The SMILES string of the molecule is O=C1CCN(C(=O)COc2c(I)cc(I)cc2I)CC1. The average Bonchev–Trinajstić information content (AvgIpc) is 2.38. The Bertz CT molecular complexity index is 515. The van der Waals surface area contributed by atoms with Crippen LogP contribution in [0.2, 0.25) is 0 Å². The van der Waals surface area contributed by atoms with Gasteiger partial charge in [-0.3, -0.25) is 9.59 Å². The molecule has 0 unspecified atom stereocenters. The van der Waals surface area contributed by atoms with Crippen molar-refractivity contribution in [3.63, 3.8) is 0 Å². The van der Waals surface area contributed by atoms with Crippen molar-refractivity contribution in [3.8, 4) is 5.75 Å². The predicted octanol–water partition coefficient (Wildman–Crippen LogP) is 3.07. The molecule has 108 valence electrons. The highest BCUT2D eigenvalue weighted by molar-refractivity contribution is 14.1. The van der Waals surface area contributed by atoms with Crippen LogP contribution in [0.3, 0.4) is 0 Å². The van der Waals surface area contributed by atoms with Crippen molar-refractivity contribution in [2.24, 2.45) is 0 Å². The highest BCUT2D eigenvalue weighted by Crippen LogP contribution is 2.29. The number of halogens is 3. The second-order valence-corrected chi connectivity index (χ2v) is 7.98. The fraction of sp³-hybridized carbons (Fsp3) is 0.385. The molecule has 1 amide bonds. The lowest BCUT2D eigenvalue weighted by Crippen LogP contribution is -2.41. The van der Waals surface area contributed by atoms with Gasteiger partial charge in [-0.05, 0) is 79.9 Å². The van der Waals surface area contributed by atoms with E-state index in [1.54, 1.807) is 4.90 Å². The maximum absolute atomic E-state index is 12.1. The van der Waals surface area contributed by atoms with Crippen molar-refractivity contribution in [1.29, 1.82) is 0 Å². The van der Waals surface area contributed by atoms with Crippen LogP contribution in [-0.4, -0.2) is 36.3 Å². The van der Waals surface area contributed by atoms with Gasteiger partial charge in [0.25, 0.3) is 5.91 Å². The number of ketones is 1. The molecule has 7 heteroatoms. The minimum absolute atomic E-state index is 0.0286. The van der Waals surface area contributed by atoms with E-state index in [-0.39, 0.29) is 18.3 Å². The summed E-state index contributed by atoms with van der Waals surface area (Å²) in [5.74, 6) is 0.937. The summed E-state index contributed by atoms with van der Waals surface area (Å²) in [4.78, 5) is 24.9. The number of carbonyl (C=O) groups excluding carboxylic acids is 2. The number of hydrogen-bond donors (Lipinski definition) is 0. The highest BCUT2D eigenvalue weighted by Gasteiger charge is 2.21. The molecule has 1 aromatic rings. The van der Waals surface area contributed by atoms with Gasteiger partial charge in [0.2, 0.25) is 0 Å². The van der Waals surface area contributed by atoms with Crippen molar-refractivity contribution < 1.29 is 14.3 Å². The van der Waals surface area contributed by atoms with Gasteiger partial charge in [0.1, 0.15) is 11.5 Å². The van der Waals surface area contributed by atoms with Crippen molar-refractivity contribution in [3.05, 3.63) is 22.8 Å². The quantitative estimate of drug-likeness (QED) is 0.495. The molecule has 20 heavy (non-hydrogen) atoms. The highest BCUT2D eigenvalue weighted by atomic mass is 127. The first-order chi connectivity index (χ1) is 9.47. The molecule has 0 saturated carbocycles. The molecule has 0 radical (unpaired) electrons. The average molecular weight is 611 g/mol. The smallest absolute Gasteiger partial charge is 0.260 e. The minimum Gasteiger partial charge on any atom is -0.482 e. The molecular weight excluding hydrogens is 599 g/mol. The van der Waals surface area contributed by atoms with Crippen LogP contribution in [0.5, 0.6) is 5.75 Å². The van der Waals surface area contributed by atoms with Gasteiger partial charge in [-0.2, -0.15) is 0 Å². The summed E-state index contributed by atoms with van der Waals surface area (Å²) in [6.07, 6.45) is 0.925. The first kappa shape index (κ1) is 16.7. The van der Waals surface area contributed by atoms with Crippen molar-refractivity contribution in [2.75, 3.05) is 19.7 Å². The molecule has 0 bridgehead atoms. The van der Waals surface area contributed by atoms with Crippen LogP contribution >= 0.6 is 67.8 Å². The van der Waals surface area contributed by atoms with E-state index in [9.17, 15) is 9.59 Å². The Hall–Kier alpha value is 0.350. The van der Waals surface area contributed by atoms with Crippen molar-refractivity contribution >= 4 is 79.5 Å². The number of benzene rings is 1. The number of likely N-dealkylation sites (tertiary alicyclic amines) is 1. The zero-order valence-electron chi connectivity index (χ0n) is 10.5. The molecule has 4 nitrogen and oxygen atoms in total. The normalized spacial score (nSPS) is 15.3. The van der Waals surface area contributed by atoms with E-state index in [4.69, 9.17) is 4.74 Å². The zero-order chi connectivity index (χ0) is 14.7. The Morgan fingerprint density at radius 2 is 1.70 bits per heavy atom. The van der Waals surface area contributed by atoms with Gasteiger partial charge in [-0.1, -0.05) is 0 Å². The fourth-order valence-electron chi connectivity index (χ4n) is 1.90. The third-order valence-corrected chi connectivity index (χ3v) is 5.20.